The van der Waals surface area contributed by atoms with E-state index in [-0.39, 0.29) is 23.5 Å². The highest BCUT2D eigenvalue weighted by atomic mass is 19.1. The first-order valence-electron chi connectivity index (χ1n) is 12.4. The predicted molar refractivity (Wildman–Crippen MR) is 129 cm³/mol. The summed E-state index contributed by atoms with van der Waals surface area (Å²) < 4.78 is 13.4. The summed E-state index contributed by atoms with van der Waals surface area (Å²) in [6.07, 6.45) is 4.46. The van der Waals surface area contributed by atoms with E-state index in [9.17, 15) is 14.0 Å². The zero-order valence-electron chi connectivity index (χ0n) is 20.2. The van der Waals surface area contributed by atoms with Crippen molar-refractivity contribution >= 4 is 11.8 Å². The average molecular weight is 462 g/mol. The van der Waals surface area contributed by atoms with Gasteiger partial charge in [-0.05, 0) is 74.8 Å². The fraction of sp³-hybridized carbons (Fsp3) is 0.429. The van der Waals surface area contributed by atoms with Gasteiger partial charge in [-0.25, -0.2) is 14.4 Å². The summed E-state index contributed by atoms with van der Waals surface area (Å²) >= 11 is 0. The number of nitrogens with zero attached hydrogens (tertiary/aromatic N) is 3. The molecule has 0 aromatic heterocycles. The Morgan fingerprint density at radius 2 is 1.56 bits per heavy atom. The van der Waals surface area contributed by atoms with Crippen LogP contribution < -0.4 is 0 Å². The van der Waals surface area contributed by atoms with Gasteiger partial charge in [0.2, 0.25) is 5.91 Å². The molecule has 178 valence electrons. The van der Waals surface area contributed by atoms with Gasteiger partial charge < -0.3 is 0 Å². The smallest absolute Gasteiger partial charge is 0.268 e. The second-order valence-electron chi connectivity index (χ2n) is 9.75. The van der Waals surface area contributed by atoms with E-state index in [4.69, 9.17) is 0 Å². The Balaban J connectivity index is 1.64. The first kappa shape index (κ1) is 22.8. The fourth-order valence-corrected chi connectivity index (χ4v) is 5.51. The minimum atomic E-state index is -0.953. The third-order valence-corrected chi connectivity index (χ3v) is 7.55. The molecular formula is C28H32FN3O2. The van der Waals surface area contributed by atoms with Crippen molar-refractivity contribution in [1.29, 1.82) is 0 Å². The lowest BCUT2D eigenvalue weighted by Crippen LogP contribution is -2.67. The maximum atomic E-state index is 13.9. The van der Waals surface area contributed by atoms with Crippen LogP contribution in [0.25, 0.3) is 11.1 Å². The van der Waals surface area contributed by atoms with Gasteiger partial charge in [0.15, 0.2) is 5.66 Å². The van der Waals surface area contributed by atoms with Gasteiger partial charge in [0, 0.05) is 30.3 Å². The van der Waals surface area contributed by atoms with Crippen LogP contribution in [0.5, 0.6) is 0 Å². The van der Waals surface area contributed by atoms with Gasteiger partial charge in [-0.2, -0.15) is 0 Å². The van der Waals surface area contributed by atoms with Crippen LogP contribution in [0.15, 0.2) is 59.8 Å². The van der Waals surface area contributed by atoms with E-state index in [0.29, 0.717) is 12.0 Å². The molecule has 5 nitrogen and oxygen atoms in total. The van der Waals surface area contributed by atoms with E-state index in [2.05, 4.69) is 5.01 Å². The molecule has 2 aromatic carbocycles. The SMILES string of the molecule is CCC1=C(C)N(C(=O)C2CC2)C(C)(c2ccc(-c3ccc(F)cc3)cc2)N(N2CCCC2)C1=O. The minimum absolute atomic E-state index is 0.00754. The van der Waals surface area contributed by atoms with Crippen LogP contribution in [-0.2, 0) is 15.3 Å². The summed E-state index contributed by atoms with van der Waals surface area (Å²) in [5.41, 5.74) is 3.30. The second-order valence-corrected chi connectivity index (χ2v) is 9.75. The van der Waals surface area contributed by atoms with Crippen molar-refractivity contribution in [1.82, 2.24) is 14.9 Å². The lowest BCUT2D eigenvalue weighted by Gasteiger charge is -2.55. The molecule has 5 rings (SSSR count). The third-order valence-electron chi connectivity index (χ3n) is 7.55. The molecule has 1 aliphatic carbocycles. The van der Waals surface area contributed by atoms with Crippen molar-refractivity contribution in [3.05, 3.63) is 71.2 Å². The Morgan fingerprint density at radius 1 is 1.00 bits per heavy atom. The highest BCUT2D eigenvalue weighted by Gasteiger charge is 2.54. The summed E-state index contributed by atoms with van der Waals surface area (Å²) in [5, 5.41) is 3.99. The molecule has 3 aliphatic rings. The summed E-state index contributed by atoms with van der Waals surface area (Å²) in [6.45, 7) is 7.52. The van der Waals surface area contributed by atoms with E-state index in [0.717, 1.165) is 61.2 Å². The number of hydrogen-bond acceptors (Lipinski definition) is 3. The zero-order chi connectivity index (χ0) is 24.0. The predicted octanol–water partition coefficient (Wildman–Crippen LogP) is 5.44. The van der Waals surface area contributed by atoms with Crippen molar-refractivity contribution in [3.8, 4) is 11.1 Å². The van der Waals surface area contributed by atoms with E-state index in [1.807, 2.05) is 54.9 Å². The van der Waals surface area contributed by atoms with Gasteiger partial charge in [0.05, 0.1) is 0 Å². The van der Waals surface area contributed by atoms with Crippen molar-refractivity contribution in [2.75, 3.05) is 13.1 Å². The normalized spacial score (nSPS) is 23.7. The maximum absolute atomic E-state index is 13.9. The molecule has 2 heterocycles. The van der Waals surface area contributed by atoms with Gasteiger partial charge in [-0.1, -0.05) is 43.3 Å². The lowest BCUT2D eigenvalue weighted by atomic mass is 9.90. The Kier molecular flexibility index (Phi) is 5.80. The number of carbonyl (C=O) groups excluding carboxylic acids is 2. The highest BCUT2D eigenvalue weighted by molar-refractivity contribution is 5.98. The Morgan fingerprint density at radius 3 is 2.09 bits per heavy atom. The Bertz CT molecular complexity index is 1130. The van der Waals surface area contributed by atoms with E-state index < -0.39 is 5.66 Å². The number of hydrazine groups is 1. The molecule has 1 unspecified atom stereocenters. The van der Waals surface area contributed by atoms with Crippen molar-refractivity contribution in [3.63, 3.8) is 0 Å². The second kappa shape index (κ2) is 8.66. The summed E-state index contributed by atoms with van der Waals surface area (Å²) in [5.74, 6) is -0.144. The average Bonchev–Trinajstić information content (AvgIpc) is 3.56. The van der Waals surface area contributed by atoms with Crippen molar-refractivity contribution in [2.24, 2.45) is 5.92 Å². The molecule has 1 saturated carbocycles. The van der Waals surface area contributed by atoms with Crippen LogP contribution in [0.2, 0.25) is 0 Å². The number of rotatable bonds is 5. The van der Waals surface area contributed by atoms with E-state index in [1.165, 1.54) is 12.1 Å². The molecule has 2 fully saturated rings. The molecule has 2 amide bonds. The number of halogens is 1. The Labute approximate surface area is 200 Å². The van der Waals surface area contributed by atoms with Crippen LogP contribution in [0.3, 0.4) is 0 Å². The van der Waals surface area contributed by atoms with Crippen LogP contribution in [0.1, 0.15) is 58.4 Å². The van der Waals surface area contributed by atoms with Gasteiger partial charge in [-0.15, -0.1) is 0 Å². The molecule has 1 saturated heterocycles. The zero-order valence-corrected chi connectivity index (χ0v) is 20.2. The molecule has 1 atom stereocenters. The third kappa shape index (κ3) is 3.65. The van der Waals surface area contributed by atoms with Crippen LogP contribution in [0, 0.1) is 11.7 Å². The number of carbonyl (C=O) groups is 2. The maximum Gasteiger partial charge on any atom is 0.268 e. The van der Waals surface area contributed by atoms with Crippen LogP contribution in [-0.4, -0.2) is 39.8 Å². The van der Waals surface area contributed by atoms with E-state index in [1.54, 1.807) is 12.1 Å². The Hall–Kier alpha value is -2.99. The molecule has 0 radical (unpaired) electrons. The van der Waals surface area contributed by atoms with Gasteiger partial charge in [-0.3, -0.25) is 14.5 Å². The fourth-order valence-electron chi connectivity index (χ4n) is 5.51. The molecule has 0 spiro atoms. The standard InChI is InChI=1S/C28H32FN3O2/c1-4-25-19(2)31(26(33)22-7-8-22)28(3,32(27(25)34)30-17-5-6-18-30)23-13-9-20(10-14-23)21-11-15-24(29)16-12-21/h9-16,22H,4-8,17-18H2,1-3H3. The minimum Gasteiger partial charge on any atom is -0.287 e. The molecular weight excluding hydrogens is 429 g/mol. The monoisotopic (exact) mass is 461 g/mol. The van der Waals surface area contributed by atoms with Crippen molar-refractivity contribution < 1.29 is 14.0 Å². The highest BCUT2D eigenvalue weighted by Crippen LogP contribution is 2.46. The van der Waals surface area contributed by atoms with Gasteiger partial charge in [0.1, 0.15) is 5.82 Å². The first-order valence-corrected chi connectivity index (χ1v) is 12.4. The molecule has 0 N–H and O–H groups in total. The van der Waals surface area contributed by atoms with Gasteiger partial charge in [0.25, 0.3) is 5.91 Å². The molecule has 2 aromatic rings. The molecule has 0 bridgehead atoms. The topological polar surface area (TPSA) is 43.9 Å². The molecule has 2 aliphatic heterocycles. The van der Waals surface area contributed by atoms with E-state index >= 15 is 0 Å². The molecule has 6 heteroatoms. The number of benzene rings is 2. The summed E-state index contributed by atoms with van der Waals surface area (Å²) in [4.78, 5) is 29.5. The lowest BCUT2D eigenvalue weighted by molar-refractivity contribution is -0.191. The van der Waals surface area contributed by atoms with Crippen LogP contribution in [0.4, 0.5) is 4.39 Å². The summed E-state index contributed by atoms with van der Waals surface area (Å²) in [6, 6.07) is 14.4. The number of hydrogen-bond donors (Lipinski definition) is 0. The largest absolute Gasteiger partial charge is 0.287 e. The van der Waals surface area contributed by atoms with Crippen LogP contribution >= 0.6 is 0 Å². The molecule has 34 heavy (non-hydrogen) atoms. The number of amides is 2. The summed E-state index contributed by atoms with van der Waals surface area (Å²) in [7, 11) is 0. The van der Waals surface area contributed by atoms with Gasteiger partial charge >= 0.3 is 0 Å². The first-order chi connectivity index (χ1) is 16.4. The van der Waals surface area contributed by atoms with Crippen molar-refractivity contribution in [2.45, 2.75) is 58.5 Å². The quantitative estimate of drug-likeness (QED) is 0.596. The number of allylic oxidation sites excluding steroid dienone is 1.